The number of ether oxygens (including phenoxy) is 2. The van der Waals surface area contributed by atoms with Gasteiger partial charge in [0.15, 0.2) is 4.80 Å². The summed E-state index contributed by atoms with van der Waals surface area (Å²) in [5.41, 5.74) is 2.63. The van der Waals surface area contributed by atoms with Crippen LogP contribution in [-0.4, -0.2) is 29.2 Å². The van der Waals surface area contributed by atoms with Crippen molar-refractivity contribution < 1.29 is 14.3 Å². The zero-order chi connectivity index (χ0) is 25.4. The highest BCUT2D eigenvalue weighted by molar-refractivity contribution is 7.07. The molecule has 0 bridgehead atoms. The molecule has 2 aromatic heterocycles. The lowest BCUT2D eigenvalue weighted by molar-refractivity contribution is -0.139. The summed E-state index contributed by atoms with van der Waals surface area (Å²) in [6, 6.07) is 15.9. The molecule has 182 valence electrons. The normalized spacial score (nSPS) is 15.6. The van der Waals surface area contributed by atoms with Crippen LogP contribution >= 0.6 is 22.9 Å². The fraction of sp³-hybridized carbons (Fsp3) is 0.185. The smallest absolute Gasteiger partial charge is 0.338 e. The Morgan fingerprint density at radius 1 is 1.19 bits per heavy atom. The molecular weight excluding hydrogens is 498 g/mol. The molecule has 0 saturated heterocycles. The fourth-order valence-corrected chi connectivity index (χ4v) is 5.55. The van der Waals surface area contributed by atoms with E-state index in [-0.39, 0.29) is 12.2 Å². The Labute approximate surface area is 215 Å². The van der Waals surface area contributed by atoms with Gasteiger partial charge in [0.05, 0.1) is 51.8 Å². The third-order valence-corrected chi connectivity index (χ3v) is 7.19. The topological polar surface area (TPSA) is 82.8 Å². The number of hydrogen-bond acceptors (Lipinski definition) is 7. The maximum absolute atomic E-state index is 13.7. The molecular formula is C27H22ClN3O4S. The highest BCUT2D eigenvalue weighted by atomic mass is 35.5. The zero-order valence-electron chi connectivity index (χ0n) is 19.8. The summed E-state index contributed by atoms with van der Waals surface area (Å²) < 4.78 is 12.6. The maximum atomic E-state index is 13.7. The van der Waals surface area contributed by atoms with Gasteiger partial charge in [-0.15, -0.1) is 0 Å². The van der Waals surface area contributed by atoms with E-state index in [1.807, 2.05) is 48.5 Å². The molecule has 1 aliphatic heterocycles. The van der Waals surface area contributed by atoms with Gasteiger partial charge in [-0.2, -0.15) is 0 Å². The van der Waals surface area contributed by atoms with Crippen LogP contribution in [0.15, 0.2) is 75.7 Å². The van der Waals surface area contributed by atoms with Crippen molar-refractivity contribution in [1.82, 2.24) is 9.55 Å². The fourth-order valence-electron chi connectivity index (χ4n) is 4.26. The summed E-state index contributed by atoms with van der Waals surface area (Å²) in [5.74, 6) is 0.196. The van der Waals surface area contributed by atoms with Gasteiger partial charge in [-0.05, 0) is 49.8 Å². The van der Waals surface area contributed by atoms with E-state index in [0.717, 1.165) is 10.9 Å². The molecule has 0 radical (unpaired) electrons. The van der Waals surface area contributed by atoms with E-state index < -0.39 is 12.0 Å². The van der Waals surface area contributed by atoms with Crippen LogP contribution in [0.4, 0.5) is 0 Å². The molecule has 4 aromatic rings. The van der Waals surface area contributed by atoms with Gasteiger partial charge in [0.2, 0.25) is 0 Å². The number of methoxy groups -OCH3 is 1. The van der Waals surface area contributed by atoms with E-state index in [0.29, 0.717) is 42.6 Å². The highest BCUT2D eigenvalue weighted by Gasteiger charge is 2.33. The maximum Gasteiger partial charge on any atom is 0.338 e. The van der Waals surface area contributed by atoms with E-state index in [1.54, 1.807) is 37.7 Å². The molecule has 1 unspecified atom stereocenters. The summed E-state index contributed by atoms with van der Waals surface area (Å²) in [7, 11) is 1.59. The van der Waals surface area contributed by atoms with Crippen LogP contribution in [0.5, 0.6) is 5.75 Å². The van der Waals surface area contributed by atoms with Gasteiger partial charge in [0.25, 0.3) is 5.56 Å². The minimum Gasteiger partial charge on any atom is -0.497 e. The van der Waals surface area contributed by atoms with Crippen molar-refractivity contribution >= 4 is 45.9 Å². The van der Waals surface area contributed by atoms with Gasteiger partial charge in [-0.25, -0.2) is 14.8 Å². The number of carbonyl (C=O) groups is 1. The van der Waals surface area contributed by atoms with Crippen molar-refractivity contribution in [3.05, 3.63) is 102 Å². The van der Waals surface area contributed by atoms with Crippen LogP contribution < -0.4 is 19.6 Å². The summed E-state index contributed by atoms with van der Waals surface area (Å²) in [4.78, 5) is 36.4. The van der Waals surface area contributed by atoms with Crippen LogP contribution in [0.25, 0.3) is 17.0 Å². The van der Waals surface area contributed by atoms with Gasteiger partial charge in [-0.3, -0.25) is 9.36 Å². The van der Waals surface area contributed by atoms with Crippen molar-refractivity contribution in [3.63, 3.8) is 0 Å². The molecule has 0 spiro atoms. The van der Waals surface area contributed by atoms with Gasteiger partial charge in [0, 0.05) is 5.39 Å². The van der Waals surface area contributed by atoms with Crippen molar-refractivity contribution in [2.75, 3.05) is 13.7 Å². The SMILES string of the molecule is CCOC(=O)C1=C(C)N=c2sc(=Cc3cc(Cl)c4cc(OC)ccc4n3)c(=O)n2C1c1ccccc1. The number of aromatic nitrogens is 2. The number of halogens is 1. The predicted molar refractivity (Wildman–Crippen MR) is 140 cm³/mol. The Bertz CT molecular complexity index is 1710. The minimum atomic E-state index is -0.649. The molecule has 0 amide bonds. The standard InChI is InChI=1S/C27H22ClN3O4S/c1-4-35-26(33)23-15(2)29-27-31(24(23)16-8-6-5-7-9-16)25(32)22(36-27)13-17-12-20(28)19-14-18(34-3)10-11-21(19)30-17/h5-14,24H,4H2,1-3H3. The highest BCUT2D eigenvalue weighted by Crippen LogP contribution is 2.31. The van der Waals surface area contributed by atoms with Crippen LogP contribution in [0.1, 0.15) is 31.1 Å². The molecule has 1 atom stereocenters. The van der Waals surface area contributed by atoms with Gasteiger partial charge in [0.1, 0.15) is 5.75 Å². The van der Waals surface area contributed by atoms with Crippen molar-refractivity contribution in [2.45, 2.75) is 19.9 Å². The van der Waals surface area contributed by atoms with Crippen LogP contribution in [-0.2, 0) is 9.53 Å². The quantitative estimate of drug-likeness (QED) is 0.372. The monoisotopic (exact) mass is 519 g/mol. The first-order chi connectivity index (χ1) is 17.4. The lowest BCUT2D eigenvalue weighted by Crippen LogP contribution is -2.39. The molecule has 1 aliphatic rings. The van der Waals surface area contributed by atoms with Crippen LogP contribution in [0, 0.1) is 0 Å². The second-order valence-corrected chi connectivity index (χ2v) is 9.54. The molecule has 3 heterocycles. The Hall–Kier alpha value is -3.75. The first-order valence-corrected chi connectivity index (χ1v) is 12.5. The van der Waals surface area contributed by atoms with E-state index >= 15 is 0 Å². The van der Waals surface area contributed by atoms with Crippen molar-refractivity contribution in [3.8, 4) is 5.75 Å². The van der Waals surface area contributed by atoms with Crippen molar-refractivity contribution in [2.24, 2.45) is 4.99 Å². The Balaban J connectivity index is 1.69. The molecule has 0 fully saturated rings. The molecule has 0 aliphatic carbocycles. The molecule has 7 nitrogen and oxygen atoms in total. The Kier molecular flexibility index (Phi) is 6.47. The van der Waals surface area contributed by atoms with Gasteiger partial charge >= 0.3 is 5.97 Å². The molecule has 36 heavy (non-hydrogen) atoms. The van der Waals surface area contributed by atoms with Crippen LogP contribution in [0.3, 0.4) is 0 Å². The zero-order valence-corrected chi connectivity index (χ0v) is 21.4. The number of fused-ring (bicyclic) bond motifs is 2. The number of nitrogens with zero attached hydrogens (tertiary/aromatic N) is 3. The second kappa shape index (κ2) is 9.72. The number of pyridine rings is 1. The Morgan fingerprint density at radius 2 is 1.97 bits per heavy atom. The first kappa shape index (κ1) is 24.0. The third kappa shape index (κ3) is 4.23. The lowest BCUT2D eigenvalue weighted by Gasteiger charge is -2.24. The number of benzene rings is 2. The number of thiazole rings is 1. The summed E-state index contributed by atoms with van der Waals surface area (Å²) >= 11 is 7.77. The second-order valence-electron chi connectivity index (χ2n) is 8.12. The number of carbonyl (C=O) groups excluding carboxylic acids is 1. The number of rotatable bonds is 5. The largest absolute Gasteiger partial charge is 0.497 e. The molecule has 0 saturated carbocycles. The molecule has 0 N–H and O–H groups in total. The minimum absolute atomic E-state index is 0.224. The van der Waals surface area contributed by atoms with Crippen LogP contribution in [0.2, 0.25) is 5.02 Å². The number of allylic oxidation sites excluding steroid dienone is 1. The number of esters is 1. The first-order valence-electron chi connectivity index (χ1n) is 11.3. The average Bonchev–Trinajstić information content (AvgIpc) is 3.17. The van der Waals surface area contributed by atoms with E-state index in [2.05, 4.69) is 9.98 Å². The Morgan fingerprint density at radius 3 is 2.69 bits per heavy atom. The molecule has 9 heteroatoms. The predicted octanol–water partition coefficient (Wildman–Crippen LogP) is 4.01. The number of hydrogen-bond donors (Lipinski definition) is 0. The molecule has 5 rings (SSSR count). The van der Waals surface area contributed by atoms with E-state index in [1.165, 1.54) is 11.3 Å². The van der Waals surface area contributed by atoms with E-state index in [9.17, 15) is 9.59 Å². The summed E-state index contributed by atoms with van der Waals surface area (Å²) in [6.07, 6.45) is 1.70. The van der Waals surface area contributed by atoms with E-state index in [4.69, 9.17) is 21.1 Å². The molecule has 2 aromatic carbocycles. The summed E-state index contributed by atoms with van der Waals surface area (Å²) in [5, 5.41) is 1.26. The third-order valence-electron chi connectivity index (χ3n) is 5.90. The lowest BCUT2D eigenvalue weighted by atomic mass is 9.96. The van der Waals surface area contributed by atoms with Gasteiger partial charge in [-0.1, -0.05) is 53.3 Å². The van der Waals surface area contributed by atoms with Crippen molar-refractivity contribution in [1.29, 1.82) is 0 Å². The van der Waals surface area contributed by atoms with Gasteiger partial charge < -0.3 is 9.47 Å². The summed E-state index contributed by atoms with van der Waals surface area (Å²) in [6.45, 7) is 3.73. The average molecular weight is 520 g/mol.